The Hall–Kier alpha value is -2.97. The van der Waals surface area contributed by atoms with E-state index in [4.69, 9.17) is 21.1 Å². The van der Waals surface area contributed by atoms with E-state index < -0.39 is 5.91 Å². The molecule has 1 amide bonds. The van der Waals surface area contributed by atoms with E-state index in [-0.39, 0.29) is 11.7 Å². The van der Waals surface area contributed by atoms with Gasteiger partial charge in [0.2, 0.25) is 0 Å². The molecule has 2 aromatic carbocycles. The number of amides is 1. The number of ether oxygens (including phenoxy) is 2. The van der Waals surface area contributed by atoms with Gasteiger partial charge in [-0.2, -0.15) is 5.26 Å². The van der Waals surface area contributed by atoms with Gasteiger partial charge in [-0.3, -0.25) is 4.79 Å². The zero-order chi connectivity index (χ0) is 20.0. The van der Waals surface area contributed by atoms with Gasteiger partial charge < -0.3 is 14.8 Å². The lowest BCUT2D eigenvalue weighted by Gasteiger charge is -2.15. The quantitative estimate of drug-likeness (QED) is 0.562. The Morgan fingerprint density at radius 2 is 2.00 bits per heavy atom. The lowest BCUT2D eigenvalue weighted by atomic mass is 10.1. The average molecular weight is 385 g/mol. The molecule has 0 atom stereocenters. The van der Waals surface area contributed by atoms with Gasteiger partial charge in [-0.25, -0.2) is 0 Å². The number of carbonyl (C=O) groups excluding carboxylic acids is 1. The first-order valence-corrected chi connectivity index (χ1v) is 8.76. The van der Waals surface area contributed by atoms with Gasteiger partial charge in [-0.1, -0.05) is 29.8 Å². The van der Waals surface area contributed by atoms with E-state index in [2.05, 4.69) is 5.32 Å². The fraction of sp³-hybridized carbons (Fsp3) is 0.238. The largest absolute Gasteiger partial charge is 0.493 e. The molecule has 0 aromatic heterocycles. The summed E-state index contributed by atoms with van der Waals surface area (Å²) in [6, 6.07) is 12.6. The summed E-state index contributed by atoms with van der Waals surface area (Å²) in [6.45, 7) is 5.64. The summed E-state index contributed by atoms with van der Waals surface area (Å²) in [6.07, 6.45) is 1.38. The third-order valence-corrected chi connectivity index (χ3v) is 3.96. The molecule has 0 unspecified atom stereocenters. The highest BCUT2D eigenvalue weighted by Gasteiger charge is 2.15. The van der Waals surface area contributed by atoms with Crippen molar-refractivity contribution < 1.29 is 14.3 Å². The average Bonchev–Trinajstić information content (AvgIpc) is 2.63. The number of nitrogens with zero attached hydrogens (tertiary/aromatic N) is 1. The van der Waals surface area contributed by atoms with E-state index >= 15 is 0 Å². The Bertz CT molecular complexity index is 914. The molecule has 5 nitrogen and oxygen atoms in total. The molecule has 0 saturated carbocycles. The van der Waals surface area contributed by atoms with E-state index in [1.54, 1.807) is 18.2 Å². The number of benzene rings is 2. The van der Waals surface area contributed by atoms with Crippen LogP contribution in [0, 0.1) is 18.3 Å². The second kappa shape index (κ2) is 9.11. The molecule has 0 heterocycles. The molecule has 0 radical (unpaired) electrons. The van der Waals surface area contributed by atoms with E-state index in [0.717, 1.165) is 5.56 Å². The van der Waals surface area contributed by atoms with Crippen molar-refractivity contribution in [3.8, 4) is 17.6 Å². The van der Waals surface area contributed by atoms with Crippen molar-refractivity contribution in [2.75, 3.05) is 12.4 Å². The Morgan fingerprint density at radius 3 is 2.59 bits per heavy atom. The molecular weight excluding hydrogens is 364 g/mol. The van der Waals surface area contributed by atoms with Crippen LogP contribution in [0.4, 0.5) is 5.69 Å². The number of anilines is 1. The van der Waals surface area contributed by atoms with Gasteiger partial charge in [0, 0.05) is 5.69 Å². The Morgan fingerprint density at radius 1 is 1.30 bits per heavy atom. The number of aryl methyl sites for hydroxylation is 1. The lowest BCUT2D eigenvalue weighted by molar-refractivity contribution is -0.112. The molecule has 0 aliphatic heterocycles. The van der Waals surface area contributed by atoms with Crippen molar-refractivity contribution in [2.24, 2.45) is 0 Å². The van der Waals surface area contributed by atoms with Crippen molar-refractivity contribution in [2.45, 2.75) is 26.9 Å². The van der Waals surface area contributed by atoms with Crippen LogP contribution < -0.4 is 14.8 Å². The number of carbonyl (C=O) groups is 1. The molecule has 0 saturated heterocycles. The second-order valence-electron chi connectivity index (χ2n) is 6.14. The number of hydrogen-bond donors (Lipinski definition) is 1. The molecule has 6 heteroatoms. The maximum Gasteiger partial charge on any atom is 0.266 e. The molecule has 27 heavy (non-hydrogen) atoms. The van der Waals surface area contributed by atoms with E-state index in [9.17, 15) is 10.1 Å². The van der Waals surface area contributed by atoms with Crippen LogP contribution >= 0.6 is 11.6 Å². The minimum atomic E-state index is -0.496. The van der Waals surface area contributed by atoms with Gasteiger partial charge >= 0.3 is 0 Å². The third kappa shape index (κ3) is 5.25. The monoisotopic (exact) mass is 384 g/mol. The van der Waals surface area contributed by atoms with Crippen molar-refractivity contribution in [3.63, 3.8) is 0 Å². The number of rotatable bonds is 6. The van der Waals surface area contributed by atoms with Crippen LogP contribution in [0.25, 0.3) is 6.08 Å². The Kier molecular flexibility index (Phi) is 6.86. The molecule has 140 valence electrons. The van der Waals surface area contributed by atoms with Gasteiger partial charge in [0.25, 0.3) is 5.91 Å². The molecule has 1 N–H and O–H groups in total. The molecule has 0 aliphatic rings. The zero-order valence-electron chi connectivity index (χ0n) is 15.7. The first-order chi connectivity index (χ1) is 12.8. The third-order valence-electron chi connectivity index (χ3n) is 3.67. The summed E-state index contributed by atoms with van der Waals surface area (Å²) in [7, 11) is 1.50. The fourth-order valence-electron chi connectivity index (χ4n) is 2.39. The van der Waals surface area contributed by atoms with Crippen LogP contribution in [0.1, 0.15) is 25.0 Å². The van der Waals surface area contributed by atoms with Gasteiger partial charge in [-0.15, -0.1) is 0 Å². The first kappa shape index (κ1) is 20.3. The highest BCUT2D eigenvalue weighted by molar-refractivity contribution is 6.32. The van der Waals surface area contributed by atoms with Crippen LogP contribution in [-0.2, 0) is 4.79 Å². The summed E-state index contributed by atoms with van der Waals surface area (Å²) < 4.78 is 11.0. The highest BCUT2D eigenvalue weighted by atomic mass is 35.5. The topological polar surface area (TPSA) is 71.3 Å². The summed E-state index contributed by atoms with van der Waals surface area (Å²) in [5.41, 5.74) is 2.07. The van der Waals surface area contributed by atoms with Crippen LogP contribution in [0.2, 0.25) is 5.02 Å². The van der Waals surface area contributed by atoms with Crippen LogP contribution in [0.5, 0.6) is 11.5 Å². The Balaban J connectivity index is 2.34. The fourth-order valence-corrected chi connectivity index (χ4v) is 2.65. The highest BCUT2D eigenvalue weighted by Crippen LogP contribution is 2.37. The number of para-hydroxylation sites is 1. The van der Waals surface area contributed by atoms with Crippen molar-refractivity contribution in [1.29, 1.82) is 5.26 Å². The number of methoxy groups -OCH3 is 1. The molecule has 0 bridgehead atoms. The van der Waals surface area contributed by atoms with Gasteiger partial charge in [0.1, 0.15) is 11.6 Å². The van der Waals surface area contributed by atoms with Crippen LogP contribution in [0.3, 0.4) is 0 Å². The Labute approximate surface area is 164 Å². The predicted octanol–water partition coefficient (Wildman–Crippen LogP) is 4.99. The number of nitriles is 1. The summed E-state index contributed by atoms with van der Waals surface area (Å²) in [4.78, 5) is 12.5. The summed E-state index contributed by atoms with van der Waals surface area (Å²) >= 11 is 6.30. The second-order valence-corrected chi connectivity index (χ2v) is 6.55. The molecule has 2 aromatic rings. The van der Waals surface area contributed by atoms with Gasteiger partial charge in [0.15, 0.2) is 11.5 Å². The SMILES string of the molecule is COc1cc(/C=C(\C#N)C(=O)Nc2ccccc2C)cc(Cl)c1OC(C)C. The van der Waals surface area contributed by atoms with Crippen molar-refractivity contribution >= 4 is 29.3 Å². The minimum Gasteiger partial charge on any atom is -0.493 e. The summed E-state index contributed by atoms with van der Waals surface area (Å²) in [5.74, 6) is 0.359. The first-order valence-electron chi connectivity index (χ1n) is 8.38. The number of nitrogens with one attached hydrogen (secondary N) is 1. The number of hydrogen-bond acceptors (Lipinski definition) is 4. The smallest absolute Gasteiger partial charge is 0.266 e. The maximum atomic E-state index is 12.5. The summed E-state index contributed by atoms with van der Waals surface area (Å²) in [5, 5.41) is 12.5. The minimum absolute atomic E-state index is 0.0473. The predicted molar refractivity (Wildman–Crippen MR) is 107 cm³/mol. The van der Waals surface area contributed by atoms with E-state index in [1.807, 2.05) is 45.0 Å². The standard InChI is InChI=1S/C21H21ClN2O3/c1-13(2)27-20-17(22)10-15(11-19(20)26-4)9-16(12-23)21(25)24-18-8-6-5-7-14(18)3/h5-11,13H,1-4H3,(H,24,25)/b16-9+. The van der Waals surface area contributed by atoms with Crippen molar-refractivity contribution in [3.05, 3.63) is 58.1 Å². The van der Waals surface area contributed by atoms with E-state index in [1.165, 1.54) is 13.2 Å². The number of halogens is 1. The molecule has 0 fully saturated rings. The zero-order valence-corrected chi connectivity index (χ0v) is 16.4. The molecule has 2 rings (SSSR count). The van der Waals surface area contributed by atoms with Crippen LogP contribution in [0.15, 0.2) is 42.0 Å². The van der Waals surface area contributed by atoms with Gasteiger partial charge in [-0.05, 0) is 56.2 Å². The maximum absolute atomic E-state index is 12.5. The van der Waals surface area contributed by atoms with Gasteiger partial charge in [0.05, 0.1) is 18.2 Å². The normalized spacial score (nSPS) is 11.1. The van der Waals surface area contributed by atoms with Crippen LogP contribution in [-0.4, -0.2) is 19.1 Å². The van der Waals surface area contributed by atoms with Crippen molar-refractivity contribution in [1.82, 2.24) is 0 Å². The molecular formula is C21H21ClN2O3. The molecule has 0 aliphatic carbocycles. The van der Waals surface area contributed by atoms with E-state index in [0.29, 0.717) is 27.8 Å². The lowest BCUT2D eigenvalue weighted by Crippen LogP contribution is -2.14. The molecule has 0 spiro atoms.